The Kier molecular flexibility index (Phi) is 7.31. The summed E-state index contributed by atoms with van der Waals surface area (Å²) in [5, 5.41) is 14.4. The molecule has 9 heteroatoms. The third-order valence-corrected chi connectivity index (χ3v) is 5.35. The SMILES string of the molecule is COc1cccc(-c2nc(CN3CCN(CC(O)COc4ccccc4F)CC3)no2)c1. The summed E-state index contributed by atoms with van der Waals surface area (Å²) >= 11 is 0. The zero-order chi connectivity index (χ0) is 22.3. The number of β-amino-alcohol motifs (C(OH)–C–C–N with tert-alkyl or cyclic N) is 1. The first-order valence-electron chi connectivity index (χ1n) is 10.6. The number of aliphatic hydroxyl groups is 1. The molecule has 2 heterocycles. The molecule has 0 saturated carbocycles. The largest absolute Gasteiger partial charge is 0.497 e. The van der Waals surface area contributed by atoms with Crippen LogP contribution in [0.15, 0.2) is 53.1 Å². The lowest BCUT2D eigenvalue weighted by Crippen LogP contribution is -2.48. The van der Waals surface area contributed by atoms with Gasteiger partial charge in [-0.2, -0.15) is 4.98 Å². The summed E-state index contributed by atoms with van der Waals surface area (Å²) in [4.78, 5) is 8.92. The Bertz CT molecular complexity index is 1010. The Morgan fingerprint density at radius 3 is 2.66 bits per heavy atom. The van der Waals surface area contributed by atoms with Crippen LogP contribution >= 0.6 is 0 Å². The van der Waals surface area contributed by atoms with Gasteiger partial charge in [0.25, 0.3) is 5.89 Å². The fraction of sp³-hybridized carbons (Fsp3) is 0.391. The standard InChI is InChI=1S/C23H27FN4O4/c1-30-19-6-4-5-17(13-19)23-25-22(26-32-23)15-28-11-9-27(10-12-28)14-18(29)16-31-21-8-3-2-7-20(21)24/h2-8,13,18,29H,9-12,14-16H2,1H3. The maximum atomic E-state index is 13.6. The lowest BCUT2D eigenvalue weighted by atomic mass is 10.2. The quantitative estimate of drug-likeness (QED) is 0.541. The van der Waals surface area contributed by atoms with E-state index in [1.54, 1.807) is 25.3 Å². The van der Waals surface area contributed by atoms with Crippen LogP contribution in [0.5, 0.6) is 11.5 Å². The first-order valence-corrected chi connectivity index (χ1v) is 10.6. The van der Waals surface area contributed by atoms with Crippen molar-refractivity contribution in [3.8, 4) is 23.0 Å². The van der Waals surface area contributed by atoms with Crippen molar-refractivity contribution in [2.45, 2.75) is 12.6 Å². The third-order valence-electron chi connectivity index (χ3n) is 5.35. The van der Waals surface area contributed by atoms with Gasteiger partial charge in [-0.3, -0.25) is 9.80 Å². The van der Waals surface area contributed by atoms with E-state index in [1.165, 1.54) is 6.07 Å². The highest BCUT2D eigenvalue weighted by atomic mass is 19.1. The number of benzene rings is 2. The van der Waals surface area contributed by atoms with E-state index in [9.17, 15) is 9.50 Å². The van der Waals surface area contributed by atoms with E-state index in [4.69, 9.17) is 14.0 Å². The molecule has 1 N–H and O–H groups in total. The number of rotatable bonds is 9. The minimum Gasteiger partial charge on any atom is -0.497 e. The van der Waals surface area contributed by atoms with E-state index in [0.717, 1.165) is 37.5 Å². The predicted molar refractivity (Wildman–Crippen MR) is 116 cm³/mol. The maximum Gasteiger partial charge on any atom is 0.258 e. The first kappa shape index (κ1) is 22.2. The van der Waals surface area contributed by atoms with Crippen LogP contribution in [0.4, 0.5) is 4.39 Å². The monoisotopic (exact) mass is 442 g/mol. The van der Waals surface area contributed by atoms with Crippen molar-refractivity contribution in [1.29, 1.82) is 0 Å². The van der Waals surface area contributed by atoms with Crippen LogP contribution in [0.1, 0.15) is 5.82 Å². The predicted octanol–water partition coefficient (Wildman–Crippen LogP) is 2.44. The van der Waals surface area contributed by atoms with Gasteiger partial charge in [-0.05, 0) is 30.3 Å². The van der Waals surface area contributed by atoms with Crippen molar-refractivity contribution >= 4 is 0 Å². The van der Waals surface area contributed by atoms with Crippen LogP contribution in [0, 0.1) is 5.82 Å². The molecule has 2 aromatic carbocycles. The van der Waals surface area contributed by atoms with Gasteiger partial charge in [-0.25, -0.2) is 4.39 Å². The number of aliphatic hydroxyl groups excluding tert-OH is 1. The van der Waals surface area contributed by atoms with Gasteiger partial charge in [-0.15, -0.1) is 0 Å². The molecule has 32 heavy (non-hydrogen) atoms. The van der Waals surface area contributed by atoms with E-state index in [0.29, 0.717) is 24.8 Å². The lowest BCUT2D eigenvalue weighted by Gasteiger charge is -2.34. The number of para-hydroxylation sites is 1. The zero-order valence-electron chi connectivity index (χ0n) is 18.0. The highest BCUT2D eigenvalue weighted by molar-refractivity contribution is 5.55. The number of hydrogen-bond acceptors (Lipinski definition) is 8. The van der Waals surface area contributed by atoms with Crippen molar-refractivity contribution in [2.75, 3.05) is 46.4 Å². The smallest absolute Gasteiger partial charge is 0.258 e. The van der Waals surface area contributed by atoms with Gasteiger partial charge in [-0.1, -0.05) is 23.4 Å². The molecular weight excluding hydrogens is 415 g/mol. The van der Waals surface area contributed by atoms with Gasteiger partial charge in [0.15, 0.2) is 17.4 Å². The Morgan fingerprint density at radius 1 is 1.09 bits per heavy atom. The van der Waals surface area contributed by atoms with Crippen molar-refractivity contribution in [3.05, 3.63) is 60.2 Å². The summed E-state index contributed by atoms with van der Waals surface area (Å²) < 4.78 is 29.7. The van der Waals surface area contributed by atoms with Gasteiger partial charge >= 0.3 is 0 Å². The zero-order valence-corrected chi connectivity index (χ0v) is 18.0. The fourth-order valence-electron chi connectivity index (χ4n) is 3.62. The molecule has 0 aliphatic carbocycles. The molecule has 0 amide bonds. The number of nitrogens with zero attached hydrogens (tertiary/aromatic N) is 4. The molecule has 1 aliphatic heterocycles. The van der Waals surface area contributed by atoms with Crippen LogP contribution in [0.2, 0.25) is 0 Å². The summed E-state index contributed by atoms with van der Waals surface area (Å²) in [5.41, 5.74) is 0.819. The number of piperazine rings is 1. The van der Waals surface area contributed by atoms with E-state index in [1.807, 2.05) is 24.3 Å². The van der Waals surface area contributed by atoms with Gasteiger partial charge in [0.2, 0.25) is 0 Å². The van der Waals surface area contributed by atoms with Crippen LogP contribution < -0.4 is 9.47 Å². The Morgan fingerprint density at radius 2 is 1.88 bits per heavy atom. The van der Waals surface area contributed by atoms with Crippen LogP contribution in [0.25, 0.3) is 11.5 Å². The molecule has 3 aromatic rings. The number of halogens is 1. The highest BCUT2D eigenvalue weighted by Crippen LogP contribution is 2.22. The van der Waals surface area contributed by atoms with E-state index >= 15 is 0 Å². The molecule has 1 aliphatic rings. The summed E-state index contributed by atoms with van der Waals surface area (Å²) in [6.45, 7) is 4.38. The number of aromatic nitrogens is 2. The second-order valence-electron chi connectivity index (χ2n) is 7.72. The van der Waals surface area contributed by atoms with Crippen molar-refractivity contribution in [3.63, 3.8) is 0 Å². The Hall–Kier alpha value is -3.01. The summed E-state index contributed by atoms with van der Waals surface area (Å²) in [5.74, 6) is 1.57. The lowest BCUT2D eigenvalue weighted by molar-refractivity contribution is 0.0432. The maximum absolute atomic E-state index is 13.6. The second kappa shape index (κ2) is 10.5. The average Bonchev–Trinajstić information content (AvgIpc) is 3.28. The number of ether oxygens (including phenoxy) is 2. The normalized spacial score (nSPS) is 16.1. The molecule has 1 atom stereocenters. The molecule has 1 fully saturated rings. The summed E-state index contributed by atoms with van der Waals surface area (Å²) in [7, 11) is 1.62. The summed E-state index contributed by atoms with van der Waals surface area (Å²) in [6.07, 6.45) is -0.691. The summed E-state index contributed by atoms with van der Waals surface area (Å²) in [6, 6.07) is 13.7. The van der Waals surface area contributed by atoms with Crippen LogP contribution in [0.3, 0.4) is 0 Å². The molecule has 0 spiro atoms. The molecule has 1 saturated heterocycles. The van der Waals surface area contributed by atoms with Crippen molar-refractivity contribution in [1.82, 2.24) is 19.9 Å². The molecule has 4 rings (SSSR count). The first-order chi connectivity index (χ1) is 15.6. The van der Waals surface area contributed by atoms with Crippen LogP contribution in [-0.2, 0) is 6.54 Å². The number of hydrogen-bond donors (Lipinski definition) is 1. The van der Waals surface area contributed by atoms with E-state index < -0.39 is 11.9 Å². The average molecular weight is 442 g/mol. The minimum absolute atomic E-state index is 0.0526. The highest BCUT2D eigenvalue weighted by Gasteiger charge is 2.21. The van der Waals surface area contributed by atoms with Gasteiger partial charge in [0, 0.05) is 38.3 Å². The fourth-order valence-corrected chi connectivity index (χ4v) is 3.62. The molecule has 0 bridgehead atoms. The molecule has 0 radical (unpaired) electrons. The molecule has 170 valence electrons. The molecule has 1 unspecified atom stereocenters. The van der Waals surface area contributed by atoms with Gasteiger partial charge < -0.3 is 19.1 Å². The van der Waals surface area contributed by atoms with Crippen molar-refractivity contribution < 1.29 is 23.5 Å². The Balaban J connectivity index is 1.21. The van der Waals surface area contributed by atoms with Gasteiger partial charge in [0.05, 0.1) is 13.7 Å². The molecular formula is C23H27FN4O4. The minimum atomic E-state index is -0.691. The van der Waals surface area contributed by atoms with E-state index in [-0.39, 0.29) is 12.4 Å². The number of methoxy groups -OCH3 is 1. The second-order valence-corrected chi connectivity index (χ2v) is 7.72. The van der Waals surface area contributed by atoms with E-state index in [2.05, 4.69) is 19.9 Å². The van der Waals surface area contributed by atoms with Crippen molar-refractivity contribution in [2.24, 2.45) is 0 Å². The topological polar surface area (TPSA) is 84.1 Å². The Labute approximate surface area is 186 Å². The van der Waals surface area contributed by atoms with Crippen LogP contribution in [-0.4, -0.2) is 77.6 Å². The molecule has 8 nitrogen and oxygen atoms in total. The van der Waals surface area contributed by atoms with Gasteiger partial charge in [0.1, 0.15) is 18.5 Å². The molecule has 1 aromatic heterocycles. The third kappa shape index (κ3) is 5.82.